The predicted molar refractivity (Wildman–Crippen MR) is 65.3 cm³/mol. The fraction of sp³-hybridized carbons (Fsp3) is 0.385. The van der Waals surface area contributed by atoms with Crippen molar-refractivity contribution in [2.24, 2.45) is 0 Å². The molecule has 4 nitrogen and oxygen atoms in total. The molecule has 0 saturated heterocycles. The van der Waals surface area contributed by atoms with E-state index in [0.29, 0.717) is 5.56 Å². The van der Waals surface area contributed by atoms with Gasteiger partial charge in [-0.15, -0.1) is 0 Å². The van der Waals surface area contributed by atoms with Crippen LogP contribution in [0.3, 0.4) is 0 Å². The SMILES string of the molecule is Cc1ccc(C)c(C(=O)CNC(C)C(=O)O)c1. The topological polar surface area (TPSA) is 66.4 Å². The number of hydrogen-bond donors (Lipinski definition) is 2. The van der Waals surface area contributed by atoms with Gasteiger partial charge in [0.2, 0.25) is 0 Å². The Hall–Kier alpha value is -1.68. The van der Waals surface area contributed by atoms with Gasteiger partial charge in [-0.3, -0.25) is 14.9 Å². The minimum absolute atomic E-state index is 0.0394. The van der Waals surface area contributed by atoms with Crippen LogP contribution in [0.15, 0.2) is 18.2 Å². The Labute approximate surface area is 101 Å². The maximum absolute atomic E-state index is 11.9. The molecule has 0 fully saturated rings. The molecule has 2 N–H and O–H groups in total. The number of hydrogen-bond acceptors (Lipinski definition) is 3. The Morgan fingerprint density at radius 1 is 1.35 bits per heavy atom. The minimum atomic E-state index is -0.959. The number of carbonyl (C=O) groups is 2. The lowest BCUT2D eigenvalue weighted by molar-refractivity contribution is -0.138. The summed E-state index contributed by atoms with van der Waals surface area (Å²) in [5.41, 5.74) is 2.57. The minimum Gasteiger partial charge on any atom is -0.480 e. The van der Waals surface area contributed by atoms with Crippen molar-refractivity contribution in [1.29, 1.82) is 0 Å². The van der Waals surface area contributed by atoms with Gasteiger partial charge in [0.15, 0.2) is 5.78 Å². The van der Waals surface area contributed by atoms with Crippen molar-refractivity contribution in [3.63, 3.8) is 0 Å². The van der Waals surface area contributed by atoms with Gasteiger partial charge in [0.1, 0.15) is 6.04 Å². The summed E-state index contributed by atoms with van der Waals surface area (Å²) in [5.74, 6) is -1.04. The lowest BCUT2D eigenvalue weighted by Gasteiger charge is -2.10. The van der Waals surface area contributed by atoms with E-state index < -0.39 is 12.0 Å². The van der Waals surface area contributed by atoms with Gasteiger partial charge in [0.25, 0.3) is 0 Å². The summed E-state index contributed by atoms with van der Waals surface area (Å²) in [6.07, 6.45) is 0. The second-order valence-corrected chi connectivity index (χ2v) is 4.18. The Morgan fingerprint density at radius 3 is 2.59 bits per heavy atom. The number of carboxylic acids is 1. The normalized spacial score (nSPS) is 12.2. The molecule has 17 heavy (non-hydrogen) atoms. The molecular formula is C13H17NO3. The molecule has 1 aromatic carbocycles. The summed E-state index contributed by atoms with van der Waals surface area (Å²) in [4.78, 5) is 22.5. The number of rotatable bonds is 5. The molecule has 1 atom stereocenters. The molecule has 0 amide bonds. The van der Waals surface area contributed by atoms with Crippen molar-refractivity contribution in [3.05, 3.63) is 34.9 Å². The smallest absolute Gasteiger partial charge is 0.320 e. The van der Waals surface area contributed by atoms with Crippen LogP contribution in [0, 0.1) is 13.8 Å². The molecule has 0 bridgehead atoms. The first-order valence-corrected chi connectivity index (χ1v) is 5.48. The highest BCUT2D eigenvalue weighted by Crippen LogP contribution is 2.11. The van der Waals surface area contributed by atoms with Crippen LogP contribution in [0.5, 0.6) is 0 Å². The van der Waals surface area contributed by atoms with E-state index in [-0.39, 0.29) is 12.3 Å². The summed E-state index contributed by atoms with van der Waals surface area (Å²) in [5, 5.41) is 11.4. The van der Waals surface area contributed by atoms with E-state index in [9.17, 15) is 9.59 Å². The van der Waals surface area contributed by atoms with Crippen molar-refractivity contribution in [2.75, 3.05) is 6.54 Å². The maximum Gasteiger partial charge on any atom is 0.320 e. The molecule has 0 aromatic heterocycles. The Kier molecular flexibility index (Phi) is 4.40. The van der Waals surface area contributed by atoms with Crippen LogP contribution in [0.4, 0.5) is 0 Å². The molecule has 92 valence electrons. The summed E-state index contributed by atoms with van der Waals surface area (Å²) in [6.45, 7) is 5.34. The number of aliphatic carboxylic acids is 1. The van der Waals surface area contributed by atoms with Crippen LogP contribution in [0.1, 0.15) is 28.4 Å². The zero-order chi connectivity index (χ0) is 13.0. The van der Waals surface area contributed by atoms with Gasteiger partial charge in [-0.1, -0.05) is 17.7 Å². The molecule has 4 heteroatoms. The zero-order valence-electron chi connectivity index (χ0n) is 10.3. The van der Waals surface area contributed by atoms with Crippen molar-refractivity contribution >= 4 is 11.8 Å². The lowest BCUT2D eigenvalue weighted by Crippen LogP contribution is -2.37. The zero-order valence-corrected chi connectivity index (χ0v) is 10.3. The first kappa shape index (κ1) is 13.4. The first-order chi connectivity index (χ1) is 7.91. The van der Waals surface area contributed by atoms with E-state index >= 15 is 0 Å². The number of nitrogens with one attached hydrogen (secondary N) is 1. The number of carbonyl (C=O) groups excluding carboxylic acids is 1. The molecular weight excluding hydrogens is 218 g/mol. The number of Topliss-reactive ketones (excluding diaryl/α,β-unsaturated/α-hetero) is 1. The van der Waals surface area contributed by atoms with Crippen LogP contribution in [-0.2, 0) is 4.79 Å². The Balaban J connectivity index is 2.70. The standard InChI is InChI=1S/C13H17NO3/c1-8-4-5-9(2)11(6-8)12(15)7-14-10(3)13(16)17/h4-6,10,14H,7H2,1-3H3,(H,16,17). The predicted octanol–water partition coefficient (Wildman–Crippen LogP) is 1.55. The highest BCUT2D eigenvalue weighted by atomic mass is 16.4. The Bertz CT molecular complexity index is 440. The van der Waals surface area contributed by atoms with Crippen LogP contribution in [-0.4, -0.2) is 29.4 Å². The van der Waals surface area contributed by atoms with Crippen molar-refractivity contribution in [3.8, 4) is 0 Å². The molecule has 1 unspecified atom stereocenters. The second-order valence-electron chi connectivity index (χ2n) is 4.18. The highest BCUT2D eigenvalue weighted by Gasteiger charge is 2.14. The quantitative estimate of drug-likeness (QED) is 0.760. The molecule has 0 radical (unpaired) electrons. The fourth-order valence-corrected chi connectivity index (χ4v) is 1.46. The monoisotopic (exact) mass is 235 g/mol. The summed E-state index contributed by atoms with van der Waals surface area (Å²) in [6, 6.07) is 4.94. The third-order valence-corrected chi connectivity index (χ3v) is 2.63. The molecule has 1 aromatic rings. The fourth-order valence-electron chi connectivity index (χ4n) is 1.46. The number of benzene rings is 1. The summed E-state index contributed by atoms with van der Waals surface area (Å²) < 4.78 is 0. The van der Waals surface area contributed by atoms with Crippen molar-refractivity contribution < 1.29 is 14.7 Å². The van der Waals surface area contributed by atoms with Gasteiger partial charge in [-0.25, -0.2) is 0 Å². The third kappa shape index (κ3) is 3.67. The van der Waals surface area contributed by atoms with E-state index in [1.807, 2.05) is 32.0 Å². The van der Waals surface area contributed by atoms with Crippen molar-refractivity contribution in [2.45, 2.75) is 26.8 Å². The summed E-state index contributed by atoms with van der Waals surface area (Å²) >= 11 is 0. The molecule has 0 aliphatic carbocycles. The van der Waals surface area contributed by atoms with E-state index in [1.54, 1.807) is 0 Å². The Morgan fingerprint density at radius 2 is 2.00 bits per heavy atom. The maximum atomic E-state index is 11.9. The van der Waals surface area contributed by atoms with E-state index in [0.717, 1.165) is 11.1 Å². The number of aryl methyl sites for hydroxylation is 2. The van der Waals surface area contributed by atoms with E-state index in [1.165, 1.54) is 6.92 Å². The average molecular weight is 235 g/mol. The third-order valence-electron chi connectivity index (χ3n) is 2.63. The number of carboxylic acid groups (broad SMARTS) is 1. The van der Waals surface area contributed by atoms with Gasteiger partial charge < -0.3 is 5.11 Å². The second kappa shape index (κ2) is 5.59. The molecule has 0 heterocycles. The molecule has 1 rings (SSSR count). The van der Waals surface area contributed by atoms with Crippen molar-refractivity contribution in [1.82, 2.24) is 5.32 Å². The lowest BCUT2D eigenvalue weighted by atomic mass is 10.0. The van der Waals surface area contributed by atoms with Crippen LogP contribution >= 0.6 is 0 Å². The van der Waals surface area contributed by atoms with Gasteiger partial charge in [0, 0.05) is 5.56 Å². The molecule has 0 spiro atoms. The van der Waals surface area contributed by atoms with Gasteiger partial charge in [-0.05, 0) is 32.4 Å². The average Bonchev–Trinajstić information content (AvgIpc) is 2.28. The van der Waals surface area contributed by atoms with Crippen LogP contribution in [0.25, 0.3) is 0 Å². The van der Waals surface area contributed by atoms with Crippen LogP contribution in [0.2, 0.25) is 0 Å². The van der Waals surface area contributed by atoms with Gasteiger partial charge >= 0.3 is 5.97 Å². The molecule has 0 aliphatic rings. The van der Waals surface area contributed by atoms with Crippen LogP contribution < -0.4 is 5.32 Å². The number of ketones is 1. The largest absolute Gasteiger partial charge is 0.480 e. The first-order valence-electron chi connectivity index (χ1n) is 5.48. The molecule has 0 aliphatic heterocycles. The van der Waals surface area contributed by atoms with E-state index in [2.05, 4.69) is 5.32 Å². The summed E-state index contributed by atoms with van der Waals surface area (Å²) in [7, 11) is 0. The highest BCUT2D eigenvalue weighted by molar-refractivity contribution is 5.99. The van der Waals surface area contributed by atoms with E-state index in [4.69, 9.17) is 5.11 Å². The molecule has 0 saturated carbocycles. The van der Waals surface area contributed by atoms with Gasteiger partial charge in [0.05, 0.1) is 6.54 Å². The van der Waals surface area contributed by atoms with Gasteiger partial charge in [-0.2, -0.15) is 0 Å².